The molecule has 2 heterocycles. The van der Waals surface area contributed by atoms with E-state index >= 15 is 0 Å². The lowest BCUT2D eigenvalue weighted by molar-refractivity contribution is 0.414. The SMILES string of the molecule is COc1cccnc1-c1cnc(N)[nH]1. The molecule has 0 amide bonds. The second-order valence-corrected chi connectivity index (χ2v) is 2.74. The molecule has 0 aliphatic heterocycles. The standard InChI is InChI=1S/C9H10N4O/c1-14-7-3-2-4-11-8(7)6-5-12-9(10)13-6/h2-5H,1H3,(H3,10,12,13). The number of anilines is 1. The summed E-state index contributed by atoms with van der Waals surface area (Å²) in [6.07, 6.45) is 3.31. The van der Waals surface area contributed by atoms with E-state index in [1.54, 1.807) is 19.5 Å². The minimum Gasteiger partial charge on any atom is -0.494 e. The molecule has 5 heteroatoms. The van der Waals surface area contributed by atoms with Crippen LogP contribution < -0.4 is 10.5 Å². The first-order valence-electron chi connectivity index (χ1n) is 4.11. The van der Waals surface area contributed by atoms with Crippen LogP contribution in [0, 0.1) is 0 Å². The molecule has 0 unspecified atom stereocenters. The smallest absolute Gasteiger partial charge is 0.197 e. The molecule has 0 radical (unpaired) electrons. The van der Waals surface area contributed by atoms with Crippen molar-refractivity contribution in [3.8, 4) is 17.1 Å². The molecule has 14 heavy (non-hydrogen) atoms. The van der Waals surface area contributed by atoms with Gasteiger partial charge in [0, 0.05) is 6.20 Å². The number of nitrogens with zero attached hydrogens (tertiary/aromatic N) is 2. The quantitative estimate of drug-likeness (QED) is 0.742. The van der Waals surface area contributed by atoms with Crippen LogP contribution in [0.1, 0.15) is 0 Å². The van der Waals surface area contributed by atoms with E-state index in [9.17, 15) is 0 Å². The zero-order chi connectivity index (χ0) is 9.97. The van der Waals surface area contributed by atoms with Gasteiger partial charge in [-0.05, 0) is 12.1 Å². The van der Waals surface area contributed by atoms with Crippen LogP contribution in [0.2, 0.25) is 0 Å². The molecule has 0 aromatic carbocycles. The van der Waals surface area contributed by atoms with Crippen LogP contribution in [0.3, 0.4) is 0 Å². The molecule has 0 aliphatic carbocycles. The Labute approximate surface area is 81.0 Å². The lowest BCUT2D eigenvalue weighted by Gasteiger charge is -2.03. The summed E-state index contributed by atoms with van der Waals surface area (Å²) in [5.74, 6) is 1.06. The van der Waals surface area contributed by atoms with E-state index in [0.717, 1.165) is 5.69 Å². The Morgan fingerprint density at radius 1 is 1.43 bits per heavy atom. The molecule has 2 aromatic heterocycles. The van der Waals surface area contributed by atoms with Crippen molar-refractivity contribution in [2.24, 2.45) is 0 Å². The van der Waals surface area contributed by atoms with E-state index in [1.807, 2.05) is 12.1 Å². The lowest BCUT2D eigenvalue weighted by atomic mass is 10.2. The molecule has 0 bridgehead atoms. The van der Waals surface area contributed by atoms with Crippen molar-refractivity contribution in [1.82, 2.24) is 15.0 Å². The van der Waals surface area contributed by atoms with Crippen LogP contribution in [-0.4, -0.2) is 22.1 Å². The maximum atomic E-state index is 5.47. The van der Waals surface area contributed by atoms with Crippen molar-refractivity contribution in [2.45, 2.75) is 0 Å². The highest BCUT2D eigenvalue weighted by Gasteiger charge is 2.08. The normalized spacial score (nSPS) is 10.1. The van der Waals surface area contributed by atoms with Crippen molar-refractivity contribution >= 4 is 5.95 Å². The second-order valence-electron chi connectivity index (χ2n) is 2.74. The van der Waals surface area contributed by atoms with Gasteiger partial charge in [0.1, 0.15) is 11.4 Å². The number of ether oxygens (including phenoxy) is 1. The Balaban J connectivity index is 2.50. The van der Waals surface area contributed by atoms with Gasteiger partial charge in [0.15, 0.2) is 5.95 Å². The predicted octanol–water partition coefficient (Wildman–Crippen LogP) is 1.06. The van der Waals surface area contributed by atoms with Crippen molar-refractivity contribution in [2.75, 3.05) is 12.8 Å². The van der Waals surface area contributed by atoms with E-state index in [1.165, 1.54) is 0 Å². The third kappa shape index (κ3) is 1.39. The number of imidazole rings is 1. The number of methoxy groups -OCH3 is 1. The fourth-order valence-corrected chi connectivity index (χ4v) is 1.21. The van der Waals surface area contributed by atoms with Crippen molar-refractivity contribution in [3.63, 3.8) is 0 Å². The molecular weight excluding hydrogens is 180 g/mol. The Morgan fingerprint density at radius 3 is 2.93 bits per heavy atom. The molecule has 2 rings (SSSR count). The predicted molar refractivity (Wildman–Crippen MR) is 52.8 cm³/mol. The number of nitrogens with two attached hydrogens (primary N) is 1. The summed E-state index contributed by atoms with van der Waals surface area (Å²) in [5.41, 5.74) is 6.93. The number of aromatic amines is 1. The molecule has 3 N–H and O–H groups in total. The summed E-state index contributed by atoms with van der Waals surface area (Å²) in [6, 6.07) is 3.64. The van der Waals surface area contributed by atoms with E-state index in [-0.39, 0.29) is 0 Å². The molecule has 0 aliphatic rings. The number of hydrogen-bond acceptors (Lipinski definition) is 4. The summed E-state index contributed by atoms with van der Waals surface area (Å²) >= 11 is 0. The number of nitrogen functional groups attached to an aromatic ring is 1. The first-order chi connectivity index (χ1) is 6.81. The topological polar surface area (TPSA) is 76.8 Å². The zero-order valence-corrected chi connectivity index (χ0v) is 7.69. The Hall–Kier alpha value is -2.04. The highest BCUT2D eigenvalue weighted by Crippen LogP contribution is 2.25. The summed E-state index contributed by atoms with van der Waals surface area (Å²) < 4.78 is 5.16. The van der Waals surface area contributed by atoms with Gasteiger partial charge in [-0.3, -0.25) is 4.98 Å². The molecule has 0 atom stereocenters. The number of nitrogens with one attached hydrogen (secondary N) is 1. The van der Waals surface area contributed by atoms with Crippen LogP contribution in [0.15, 0.2) is 24.5 Å². The van der Waals surface area contributed by atoms with Gasteiger partial charge in [-0.25, -0.2) is 4.98 Å². The Bertz CT molecular complexity index is 438. The van der Waals surface area contributed by atoms with Crippen molar-refractivity contribution in [3.05, 3.63) is 24.5 Å². The highest BCUT2D eigenvalue weighted by molar-refractivity contribution is 5.62. The highest BCUT2D eigenvalue weighted by atomic mass is 16.5. The van der Waals surface area contributed by atoms with Crippen LogP contribution in [0.5, 0.6) is 5.75 Å². The molecule has 0 saturated heterocycles. The summed E-state index contributed by atoms with van der Waals surface area (Å²) in [5, 5.41) is 0. The van der Waals surface area contributed by atoms with Gasteiger partial charge in [-0.2, -0.15) is 0 Å². The van der Waals surface area contributed by atoms with E-state index in [2.05, 4.69) is 15.0 Å². The van der Waals surface area contributed by atoms with Gasteiger partial charge >= 0.3 is 0 Å². The molecule has 5 nitrogen and oxygen atoms in total. The minimum atomic E-state index is 0.368. The van der Waals surface area contributed by atoms with Gasteiger partial charge in [-0.1, -0.05) is 0 Å². The molecular formula is C9H10N4O. The monoisotopic (exact) mass is 190 g/mol. The molecule has 0 saturated carbocycles. The van der Waals surface area contributed by atoms with E-state index < -0.39 is 0 Å². The molecule has 72 valence electrons. The number of rotatable bonds is 2. The summed E-state index contributed by atoms with van der Waals surface area (Å²) in [6.45, 7) is 0. The van der Waals surface area contributed by atoms with Crippen molar-refractivity contribution in [1.29, 1.82) is 0 Å². The molecule has 0 spiro atoms. The van der Waals surface area contributed by atoms with Crippen LogP contribution in [0.4, 0.5) is 5.95 Å². The minimum absolute atomic E-state index is 0.368. The first-order valence-corrected chi connectivity index (χ1v) is 4.11. The van der Waals surface area contributed by atoms with Gasteiger partial charge in [0.25, 0.3) is 0 Å². The maximum Gasteiger partial charge on any atom is 0.197 e. The van der Waals surface area contributed by atoms with E-state index in [0.29, 0.717) is 17.4 Å². The van der Waals surface area contributed by atoms with Crippen molar-refractivity contribution < 1.29 is 4.74 Å². The van der Waals surface area contributed by atoms with Crippen LogP contribution in [0.25, 0.3) is 11.4 Å². The third-order valence-electron chi connectivity index (χ3n) is 1.84. The average Bonchev–Trinajstić information content (AvgIpc) is 2.65. The second kappa shape index (κ2) is 3.37. The van der Waals surface area contributed by atoms with Crippen LogP contribution >= 0.6 is 0 Å². The number of aromatic nitrogens is 3. The maximum absolute atomic E-state index is 5.47. The average molecular weight is 190 g/mol. The van der Waals surface area contributed by atoms with Gasteiger partial charge in [-0.15, -0.1) is 0 Å². The third-order valence-corrected chi connectivity index (χ3v) is 1.84. The molecule has 2 aromatic rings. The number of H-pyrrole nitrogens is 1. The zero-order valence-electron chi connectivity index (χ0n) is 7.69. The first kappa shape index (κ1) is 8.55. The van der Waals surface area contributed by atoms with Gasteiger partial charge in [0.05, 0.1) is 19.0 Å². The number of hydrogen-bond donors (Lipinski definition) is 2. The summed E-state index contributed by atoms with van der Waals surface area (Å²) in [7, 11) is 1.60. The Morgan fingerprint density at radius 2 is 2.29 bits per heavy atom. The Kier molecular flexibility index (Phi) is 2.06. The summed E-state index contributed by atoms with van der Waals surface area (Å²) in [4.78, 5) is 11.0. The fourth-order valence-electron chi connectivity index (χ4n) is 1.21. The van der Waals surface area contributed by atoms with Gasteiger partial charge < -0.3 is 15.5 Å². The van der Waals surface area contributed by atoms with Crippen LogP contribution in [-0.2, 0) is 0 Å². The van der Waals surface area contributed by atoms with E-state index in [4.69, 9.17) is 10.5 Å². The molecule has 0 fully saturated rings. The lowest BCUT2D eigenvalue weighted by Crippen LogP contribution is -1.91. The largest absolute Gasteiger partial charge is 0.494 e. The fraction of sp³-hybridized carbons (Fsp3) is 0.111. The number of pyridine rings is 1. The van der Waals surface area contributed by atoms with Gasteiger partial charge in [0.2, 0.25) is 0 Å².